The Morgan fingerprint density at radius 2 is 2.07 bits per heavy atom. The van der Waals surface area contributed by atoms with Crippen molar-refractivity contribution in [2.24, 2.45) is 0 Å². The maximum atomic E-state index is 5.89. The molecule has 0 saturated carbocycles. The topological polar surface area (TPSA) is 69.7 Å². The zero-order valence-electron chi connectivity index (χ0n) is 16.7. The lowest BCUT2D eigenvalue weighted by Crippen LogP contribution is -2.38. The first-order chi connectivity index (χ1) is 14.3. The Hall–Kier alpha value is -2.10. The predicted molar refractivity (Wildman–Crippen MR) is 112 cm³/mol. The summed E-state index contributed by atoms with van der Waals surface area (Å²) in [5.41, 5.74) is 3.21. The molecule has 0 amide bonds. The van der Waals surface area contributed by atoms with Crippen LogP contribution >= 0.6 is 11.8 Å². The Labute approximate surface area is 174 Å². The predicted octanol–water partition coefficient (Wildman–Crippen LogP) is 2.54. The highest BCUT2D eigenvalue weighted by molar-refractivity contribution is 7.98. The Morgan fingerprint density at radius 1 is 1.17 bits per heavy atom. The van der Waals surface area contributed by atoms with Crippen molar-refractivity contribution in [3.05, 3.63) is 35.8 Å². The monoisotopic (exact) mass is 414 g/mol. The number of thioether (sulfide) groups is 1. The van der Waals surface area contributed by atoms with E-state index in [-0.39, 0.29) is 6.10 Å². The van der Waals surface area contributed by atoms with E-state index in [2.05, 4.69) is 43.3 Å². The third kappa shape index (κ3) is 3.99. The van der Waals surface area contributed by atoms with Gasteiger partial charge >= 0.3 is 0 Å². The number of morpholine rings is 1. The lowest BCUT2D eigenvalue weighted by atomic mass is 10.2. The minimum Gasteiger partial charge on any atom is -0.378 e. The summed E-state index contributed by atoms with van der Waals surface area (Å²) in [4.78, 5) is 7.02. The molecule has 0 radical (unpaired) electrons. The fourth-order valence-electron chi connectivity index (χ4n) is 3.94. The van der Waals surface area contributed by atoms with Gasteiger partial charge in [-0.1, -0.05) is 17.8 Å². The lowest BCUT2D eigenvalue weighted by Gasteiger charge is -2.28. The van der Waals surface area contributed by atoms with Crippen LogP contribution in [0.25, 0.3) is 5.65 Å². The van der Waals surface area contributed by atoms with Crippen LogP contribution in [0.3, 0.4) is 0 Å². The maximum absolute atomic E-state index is 5.89. The molecule has 2 fully saturated rings. The Balaban J connectivity index is 1.37. The summed E-state index contributed by atoms with van der Waals surface area (Å²) in [7, 11) is 0. The summed E-state index contributed by atoms with van der Waals surface area (Å²) < 4.78 is 15.8. The first-order valence-corrected chi connectivity index (χ1v) is 11.2. The van der Waals surface area contributed by atoms with Crippen LogP contribution in [0.5, 0.6) is 0 Å². The van der Waals surface area contributed by atoms with Gasteiger partial charge < -0.3 is 18.8 Å². The molecule has 3 aromatic rings. The summed E-state index contributed by atoms with van der Waals surface area (Å²) in [6.07, 6.45) is 4.57. The highest BCUT2D eigenvalue weighted by atomic mass is 32.2. The molecule has 0 unspecified atom stereocenters. The Kier molecular flexibility index (Phi) is 5.43. The van der Waals surface area contributed by atoms with Gasteiger partial charge in [0.1, 0.15) is 5.65 Å². The molecule has 2 aliphatic heterocycles. The van der Waals surface area contributed by atoms with E-state index >= 15 is 0 Å². The summed E-state index contributed by atoms with van der Waals surface area (Å²) in [5, 5.41) is 9.98. The number of hydrogen-bond acceptors (Lipinski definition) is 7. The molecule has 29 heavy (non-hydrogen) atoms. The summed E-state index contributed by atoms with van der Waals surface area (Å²) in [6.45, 7) is 6.90. The van der Waals surface area contributed by atoms with Crippen LogP contribution in [0, 0.1) is 6.92 Å². The van der Waals surface area contributed by atoms with E-state index in [1.54, 1.807) is 11.8 Å². The van der Waals surface area contributed by atoms with Crippen LogP contribution in [-0.4, -0.2) is 63.2 Å². The van der Waals surface area contributed by atoms with Crippen LogP contribution in [0.4, 0.5) is 5.95 Å². The molecule has 154 valence electrons. The zero-order valence-corrected chi connectivity index (χ0v) is 17.5. The van der Waals surface area contributed by atoms with E-state index < -0.39 is 0 Å². The van der Waals surface area contributed by atoms with E-state index in [1.165, 1.54) is 5.69 Å². The smallest absolute Gasteiger partial charge is 0.228 e. The molecule has 2 aliphatic rings. The second-order valence-corrected chi connectivity index (χ2v) is 8.49. The van der Waals surface area contributed by atoms with Crippen molar-refractivity contribution in [3.63, 3.8) is 0 Å². The van der Waals surface area contributed by atoms with Gasteiger partial charge in [0.2, 0.25) is 5.95 Å². The maximum Gasteiger partial charge on any atom is 0.228 e. The largest absolute Gasteiger partial charge is 0.378 e. The summed E-state index contributed by atoms with van der Waals surface area (Å²) in [6, 6.07) is 6.18. The van der Waals surface area contributed by atoms with Crippen LogP contribution in [0.2, 0.25) is 0 Å². The number of nitrogens with zero attached hydrogens (tertiary/aromatic N) is 6. The molecule has 5 heterocycles. The van der Waals surface area contributed by atoms with E-state index in [4.69, 9.17) is 14.5 Å². The summed E-state index contributed by atoms with van der Waals surface area (Å²) >= 11 is 1.69. The van der Waals surface area contributed by atoms with Gasteiger partial charge in [-0.2, -0.15) is 0 Å². The SMILES string of the molecule is Cc1cccc2nc(CSc3nnc(N4CCOCC4)n3C[C@@H]3CCCO3)cn12. The van der Waals surface area contributed by atoms with Crippen LogP contribution in [0.1, 0.15) is 24.2 Å². The third-order valence-corrected chi connectivity index (χ3v) is 6.50. The van der Waals surface area contributed by atoms with Gasteiger partial charge in [-0.05, 0) is 31.9 Å². The minimum absolute atomic E-state index is 0.239. The lowest BCUT2D eigenvalue weighted by molar-refractivity contribution is 0.0942. The fraction of sp³-hybridized carbons (Fsp3) is 0.550. The third-order valence-electron chi connectivity index (χ3n) is 5.50. The second kappa shape index (κ2) is 8.33. The molecule has 0 aliphatic carbocycles. The molecule has 1 atom stereocenters. The van der Waals surface area contributed by atoms with Gasteiger partial charge in [-0.3, -0.25) is 4.57 Å². The molecule has 8 nitrogen and oxygen atoms in total. The number of pyridine rings is 1. The first-order valence-electron chi connectivity index (χ1n) is 10.2. The average molecular weight is 415 g/mol. The molecule has 3 aromatic heterocycles. The number of aromatic nitrogens is 5. The fourth-order valence-corrected chi connectivity index (χ4v) is 4.77. The molecule has 0 bridgehead atoms. The van der Waals surface area contributed by atoms with Crippen molar-refractivity contribution in [1.82, 2.24) is 24.1 Å². The van der Waals surface area contributed by atoms with E-state index in [1.807, 2.05) is 12.1 Å². The van der Waals surface area contributed by atoms with Gasteiger partial charge in [0.25, 0.3) is 0 Å². The van der Waals surface area contributed by atoms with E-state index in [9.17, 15) is 0 Å². The van der Waals surface area contributed by atoms with Gasteiger partial charge in [-0.25, -0.2) is 4.98 Å². The molecular formula is C20H26N6O2S. The minimum atomic E-state index is 0.239. The molecule has 0 N–H and O–H groups in total. The van der Waals surface area contributed by atoms with Crippen LogP contribution < -0.4 is 4.90 Å². The molecule has 2 saturated heterocycles. The van der Waals surface area contributed by atoms with Gasteiger partial charge in [0, 0.05) is 37.3 Å². The number of anilines is 1. The summed E-state index contributed by atoms with van der Waals surface area (Å²) in [5.74, 6) is 1.69. The molecule has 5 rings (SSSR count). The normalized spacial score (nSPS) is 20.0. The van der Waals surface area contributed by atoms with Crippen molar-refractivity contribution >= 4 is 23.4 Å². The van der Waals surface area contributed by atoms with Crippen molar-refractivity contribution in [2.45, 2.75) is 43.3 Å². The van der Waals surface area contributed by atoms with Crippen molar-refractivity contribution in [1.29, 1.82) is 0 Å². The van der Waals surface area contributed by atoms with Gasteiger partial charge in [0.05, 0.1) is 31.6 Å². The quantitative estimate of drug-likeness (QED) is 0.574. The molecule has 0 aromatic carbocycles. The van der Waals surface area contributed by atoms with Crippen LogP contribution in [0.15, 0.2) is 29.6 Å². The number of aryl methyl sites for hydroxylation is 1. The van der Waals surface area contributed by atoms with E-state index in [0.29, 0.717) is 0 Å². The van der Waals surface area contributed by atoms with Gasteiger partial charge in [0.15, 0.2) is 5.16 Å². The zero-order chi connectivity index (χ0) is 19.6. The number of hydrogen-bond donors (Lipinski definition) is 0. The standard InChI is InChI=1S/C20H26N6O2S/c1-15-4-2-6-18-21-16(12-25(15)18)14-29-20-23-22-19(24-7-10-27-11-8-24)26(20)13-17-5-3-9-28-17/h2,4,6,12,17H,3,5,7-11,13-14H2,1H3/t17-/m0/s1. The van der Waals surface area contributed by atoms with Crippen molar-refractivity contribution in [2.75, 3.05) is 37.8 Å². The highest BCUT2D eigenvalue weighted by Crippen LogP contribution is 2.28. The van der Waals surface area contributed by atoms with Crippen LogP contribution in [-0.2, 0) is 21.8 Å². The van der Waals surface area contributed by atoms with Crippen molar-refractivity contribution < 1.29 is 9.47 Å². The highest BCUT2D eigenvalue weighted by Gasteiger charge is 2.25. The average Bonchev–Trinajstić information content (AvgIpc) is 3.48. The Morgan fingerprint density at radius 3 is 2.86 bits per heavy atom. The second-order valence-electron chi connectivity index (χ2n) is 7.54. The molecule has 9 heteroatoms. The number of fused-ring (bicyclic) bond motifs is 1. The van der Waals surface area contributed by atoms with Gasteiger partial charge in [-0.15, -0.1) is 10.2 Å². The Bertz CT molecular complexity index is 975. The first kappa shape index (κ1) is 18.9. The van der Waals surface area contributed by atoms with Crippen molar-refractivity contribution in [3.8, 4) is 0 Å². The van der Waals surface area contributed by atoms with E-state index in [0.717, 1.165) is 80.5 Å². The number of rotatable bonds is 6. The number of ether oxygens (including phenoxy) is 2. The molecule has 0 spiro atoms. The number of imidazole rings is 1. The molecular weight excluding hydrogens is 388 g/mol.